The summed E-state index contributed by atoms with van der Waals surface area (Å²) in [7, 11) is 3.04. The quantitative estimate of drug-likeness (QED) is 0.781. The standard InChI is InChI=1S/C21H24ClNO4/c1-13(27-18-10-6-8-14-7-4-5-9-15(14)18)21(24)23-17-12-19(25-2)16(22)11-20(17)26-3/h6,8,10-13H,4-5,7,9H2,1-3H3,(H,23,24)/t13-/m1/s1. The maximum Gasteiger partial charge on any atom is 0.265 e. The molecule has 0 radical (unpaired) electrons. The molecule has 1 N–H and O–H groups in total. The Morgan fingerprint density at radius 2 is 1.81 bits per heavy atom. The summed E-state index contributed by atoms with van der Waals surface area (Å²) in [6, 6.07) is 9.29. The lowest BCUT2D eigenvalue weighted by molar-refractivity contribution is -0.122. The second-order valence-corrected chi connectivity index (χ2v) is 6.94. The molecule has 0 spiro atoms. The van der Waals surface area contributed by atoms with E-state index in [2.05, 4.69) is 11.4 Å². The first kappa shape index (κ1) is 19.4. The van der Waals surface area contributed by atoms with E-state index < -0.39 is 6.10 Å². The summed E-state index contributed by atoms with van der Waals surface area (Å²) in [5.41, 5.74) is 3.01. The van der Waals surface area contributed by atoms with Crippen molar-refractivity contribution in [3.63, 3.8) is 0 Å². The van der Waals surface area contributed by atoms with Crippen molar-refractivity contribution in [1.29, 1.82) is 0 Å². The van der Waals surface area contributed by atoms with Crippen molar-refractivity contribution in [3.05, 3.63) is 46.5 Å². The first-order chi connectivity index (χ1) is 13.0. The van der Waals surface area contributed by atoms with Crippen LogP contribution in [0.4, 0.5) is 5.69 Å². The molecule has 5 nitrogen and oxygen atoms in total. The Morgan fingerprint density at radius 3 is 2.56 bits per heavy atom. The molecule has 1 amide bonds. The van der Waals surface area contributed by atoms with Gasteiger partial charge in [-0.15, -0.1) is 0 Å². The highest BCUT2D eigenvalue weighted by Gasteiger charge is 2.21. The monoisotopic (exact) mass is 389 g/mol. The SMILES string of the molecule is COc1cc(NC(=O)[C@@H](C)Oc2cccc3c2CCCC3)c(OC)cc1Cl. The average Bonchev–Trinajstić information content (AvgIpc) is 2.69. The summed E-state index contributed by atoms with van der Waals surface area (Å²) in [5.74, 6) is 1.43. The van der Waals surface area contributed by atoms with Crippen LogP contribution in [0.1, 0.15) is 30.9 Å². The van der Waals surface area contributed by atoms with Gasteiger partial charge in [0.2, 0.25) is 0 Å². The van der Waals surface area contributed by atoms with Crippen LogP contribution in [0.25, 0.3) is 0 Å². The van der Waals surface area contributed by atoms with E-state index in [1.807, 2.05) is 12.1 Å². The molecule has 0 aliphatic heterocycles. The number of nitrogens with one attached hydrogen (secondary N) is 1. The van der Waals surface area contributed by atoms with E-state index in [-0.39, 0.29) is 5.91 Å². The van der Waals surface area contributed by atoms with Crippen LogP contribution in [0.15, 0.2) is 30.3 Å². The molecule has 0 unspecified atom stereocenters. The molecule has 0 heterocycles. The fourth-order valence-electron chi connectivity index (χ4n) is 3.29. The number of hydrogen-bond donors (Lipinski definition) is 1. The zero-order valence-electron chi connectivity index (χ0n) is 15.8. The molecule has 6 heteroatoms. The van der Waals surface area contributed by atoms with Crippen LogP contribution < -0.4 is 19.5 Å². The van der Waals surface area contributed by atoms with Crippen LogP contribution in [0.2, 0.25) is 5.02 Å². The number of halogens is 1. The molecule has 0 aromatic heterocycles. The van der Waals surface area contributed by atoms with Gasteiger partial charge in [0.25, 0.3) is 5.91 Å². The minimum atomic E-state index is -0.662. The third-order valence-corrected chi connectivity index (χ3v) is 5.05. The van der Waals surface area contributed by atoms with Crippen molar-refractivity contribution in [1.82, 2.24) is 0 Å². The Labute approximate surface area is 164 Å². The topological polar surface area (TPSA) is 56.8 Å². The molecular formula is C21H24ClNO4. The third-order valence-electron chi connectivity index (χ3n) is 4.76. The third kappa shape index (κ3) is 4.30. The highest BCUT2D eigenvalue weighted by molar-refractivity contribution is 6.32. The highest BCUT2D eigenvalue weighted by Crippen LogP contribution is 2.36. The number of fused-ring (bicyclic) bond motifs is 1. The van der Waals surface area contributed by atoms with E-state index in [9.17, 15) is 4.79 Å². The van der Waals surface area contributed by atoms with Gasteiger partial charge in [-0.05, 0) is 49.8 Å². The predicted molar refractivity (Wildman–Crippen MR) is 106 cm³/mol. The fraction of sp³-hybridized carbons (Fsp3) is 0.381. The Balaban J connectivity index is 1.75. The minimum Gasteiger partial charge on any atom is -0.495 e. The zero-order chi connectivity index (χ0) is 19.4. The van der Waals surface area contributed by atoms with Crippen LogP contribution in [0.3, 0.4) is 0 Å². The predicted octanol–water partition coefficient (Wildman–Crippen LogP) is 4.64. The fourth-order valence-corrected chi connectivity index (χ4v) is 3.52. The van der Waals surface area contributed by atoms with E-state index >= 15 is 0 Å². The maximum atomic E-state index is 12.7. The normalized spacial score (nSPS) is 14.1. The van der Waals surface area contributed by atoms with Gasteiger partial charge in [0, 0.05) is 12.1 Å². The van der Waals surface area contributed by atoms with Gasteiger partial charge in [0.15, 0.2) is 6.10 Å². The number of rotatable bonds is 6. The molecule has 2 aromatic carbocycles. The molecule has 0 saturated heterocycles. The first-order valence-corrected chi connectivity index (χ1v) is 9.41. The number of hydrogen-bond acceptors (Lipinski definition) is 4. The van der Waals surface area contributed by atoms with Gasteiger partial charge in [-0.1, -0.05) is 23.7 Å². The van der Waals surface area contributed by atoms with E-state index in [1.54, 1.807) is 19.1 Å². The smallest absolute Gasteiger partial charge is 0.265 e. The molecular weight excluding hydrogens is 366 g/mol. The number of benzene rings is 2. The number of amides is 1. The van der Waals surface area contributed by atoms with Crippen molar-refractivity contribution >= 4 is 23.2 Å². The molecule has 2 aromatic rings. The summed E-state index contributed by atoms with van der Waals surface area (Å²) >= 11 is 6.11. The largest absolute Gasteiger partial charge is 0.495 e. The van der Waals surface area contributed by atoms with Crippen molar-refractivity contribution in [2.24, 2.45) is 0 Å². The Hall–Kier alpha value is -2.40. The lowest BCUT2D eigenvalue weighted by Gasteiger charge is -2.22. The van der Waals surface area contributed by atoms with Gasteiger partial charge >= 0.3 is 0 Å². The Kier molecular flexibility index (Phi) is 6.11. The Morgan fingerprint density at radius 1 is 1.07 bits per heavy atom. The summed E-state index contributed by atoms with van der Waals surface area (Å²) in [6.45, 7) is 1.73. The zero-order valence-corrected chi connectivity index (χ0v) is 16.6. The minimum absolute atomic E-state index is 0.272. The maximum absolute atomic E-state index is 12.7. The van der Waals surface area contributed by atoms with Gasteiger partial charge in [-0.3, -0.25) is 4.79 Å². The number of ether oxygens (including phenoxy) is 3. The highest BCUT2D eigenvalue weighted by atomic mass is 35.5. The van der Waals surface area contributed by atoms with Crippen molar-refractivity contribution in [2.45, 2.75) is 38.7 Å². The molecule has 1 atom stereocenters. The van der Waals surface area contributed by atoms with Crippen LogP contribution in [0.5, 0.6) is 17.2 Å². The number of anilines is 1. The van der Waals surface area contributed by atoms with Crippen molar-refractivity contribution in [2.75, 3.05) is 19.5 Å². The van der Waals surface area contributed by atoms with E-state index in [0.717, 1.165) is 25.0 Å². The van der Waals surface area contributed by atoms with Crippen LogP contribution in [-0.4, -0.2) is 26.2 Å². The second kappa shape index (κ2) is 8.53. The molecule has 1 aliphatic rings. The summed E-state index contributed by atoms with van der Waals surface area (Å²) in [4.78, 5) is 12.7. The van der Waals surface area contributed by atoms with Gasteiger partial charge in [0.05, 0.1) is 24.9 Å². The van der Waals surface area contributed by atoms with E-state index in [0.29, 0.717) is 22.2 Å². The lowest BCUT2D eigenvalue weighted by atomic mass is 9.91. The Bertz CT molecular complexity index is 837. The lowest BCUT2D eigenvalue weighted by Crippen LogP contribution is -2.30. The number of aryl methyl sites for hydroxylation is 1. The van der Waals surface area contributed by atoms with E-state index in [4.69, 9.17) is 25.8 Å². The molecule has 3 rings (SSSR count). The van der Waals surface area contributed by atoms with Crippen molar-refractivity contribution < 1.29 is 19.0 Å². The number of carbonyl (C=O) groups excluding carboxylic acids is 1. The molecule has 0 fully saturated rings. The molecule has 27 heavy (non-hydrogen) atoms. The van der Waals surface area contributed by atoms with Crippen molar-refractivity contribution in [3.8, 4) is 17.2 Å². The number of carbonyl (C=O) groups is 1. The summed E-state index contributed by atoms with van der Waals surface area (Å²) < 4.78 is 16.5. The molecule has 1 aliphatic carbocycles. The first-order valence-electron chi connectivity index (χ1n) is 9.03. The van der Waals surface area contributed by atoms with Gasteiger partial charge in [-0.2, -0.15) is 0 Å². The van der Waals surface area contributed by atoms with Gasteiger partial charge < -0.3 is 19.5 Å². The van der Waals surface area contributed by atoms with Crippen LogP contribution in [0, 0.1) is 0 Å². The van der Waals surface area contributed by atoms with Gasteiger partial charge in [-0.25, -0.2) is 0 Å². The molecule has 0 saturated carbocycles. The molecule has 144 valence electrons. The van der Waals surface area contributed by atoms with E-state index in [1.165, 1.54) is 31.8 Å². The molecule has 0 bridgehead atoms. The average molecular weight is 390 g/mol. The van der Waals surface area contributed by atoms with Crippen LogP contribution >= 0.6 is 11.6 Å². The number of methoxy groups -OCH3 is 2. The van der Waals surface area contributed by atoms with Gasteiger partial charge in [0.1, 0.15) is 17.2 Å². The second-order valence-electron chi connectivity index (χ2n) is 6.54. The summed E-state index contributed by atoms with van der Waals surface area (Å²) in [6.07, 6.45) is 3.74. The summed E-state index contributed by atoms with van der Waals surface area (Å²) in [5, 5.41) is 3.25. The van der Waals surface area contributed by atoms with Crippen LogP contribution in [-0.2, 0) is 17.6 Å².